The van der Waals surface area contributed by atoms with E-state index >= 15 is 0 Å². The molecule has 2 nitrogen and oxygen atoms in total. The van der Waals surface area contributed by atoms with Gasteiger partial charge in [-0.3, -0.25) is 4.79 Å². The van der Waals surface area contributed by atoms with Crippen LogP contribution in [-0.4, -0.2) is 15.9 Å². The fourth-order valence-corrected chi connectivity index (χ4v) is 2.11. The molecule has 0 heterocycles. The number of aliphatic hydroxyl groups is 1. The Hall–Kier alpha value is 0.210. The summed E-state index contributed by atoms with van der Waals surface area (Å²) in [4.78, 5) is 10.8. The zero-order chi connectivity index (χ0) is 9.14. The summed E-state index contributed by atoms with van der Waals surface area (Å²) in [6.07, 6.45) is 3.29. The number of carbonyl (C=O) groups excluding carboxylic acids is 1. The lowest BCUT2D eigenvalue weighted by Crippen LogP contribution is -2.25. The first kappa shape index (κ1) is 10.3. The second-order valence-electron chi connectivity index (χ2n) is 3.30. The van der Waals surface area contributed by atoms with Crippen molar-refractivity contribution in [2.24, 2.45) is 11.8 Å². The quantitative estimate of drug-likeness (QED) is 0.561. The number of halogens is 2. The smallest absolute Gasteiger partial charge is 0.224 e. The molecule has 1 unspecified atom stereocenters. The third-order valence-corrected chi connectivity index (χ3v) is 3.09. The van der Waals surface area contributed by atoms with Crippen LogP contribution in [0.5, 0.6) is 0 Å². The number of alkyl halides is 1. The van der Waals surface area contributed by atoms with Crippen LogP contribution in [0.25, 0.3) is 0 Å². The summed E-state index contributed by atoms with van der Waals surface area (Å²) in [6.45, 7) is 0. The summed E-state index contributed by atoms with van der Waals surface area (Å²) in [7, 11) is 0. The number of hydrogen-bond donors (Lipinski definition) is 1. The maximum Gasteiger partial charge on any atom is 0.224 e. The topological polar surface area (TPSA) is 37.3 Å². The van der Waals surface area contributed by atoms with Crippen molar-refractivity contribution in [2.75, 3.05) is 0 Å². The Balaban J connectivity index is 2.46. The molecule has 4 heteroatoms. The molecule has 0 aromatic heterocycles. The van der Waals surface area contributed by atoms with Gasteiger partial charge >= 0.3 is 0 Å². The van der Waals surface area contributed by atoms with E-state index in [2.05, 4.69) is 0 Å². The van der Waals surface area contributed by atoms with Crippen LogP contribution in [0.3, 0.4) is 0 Å². The van der Waals surface area contributed by atoms with Crippen molar-refractivity contribution < 1.29 is 9.90 Å². The molecule has 12 heavy (non-hydrogen) atoms. The highest BCUT2D eigenvalue weighted by Gasteiger charge is 2.29. The number of carbonyl (C=O) groups is 1. The Bertz CT molecular complexity index is 170. The maximum atomic E-state index is 10.8. The van der Waals surface area contributed by atoms with E-state index < -0.39 is 5.56 Å². The maximum absolute atomic E-state index is 10.8. The average Bonchev–Trinajstić information content (AvgIpc) is 2.04. The zero-order valence-electron chi connectivity index (χ0n) is 6.67. The predicted molar refractivity (Wildman–Crippen MR) is 48.2 cm³/mol. The first-order valence-corrected chi connectivity index (χ1v) is 4.94. The molecule has 0 radical (unpaired) electrons. The lowest BCUT2D eigenvalue weighted by molar-refractivity contribution is -0.116. The Morgan fingerprint density at radius 1 is 1.50 bits per heavy atom. The van der Waals surface area contributed by atoms with Crippen molar-refractivity contribution in [1.29, 1.82) is 0 Å². The average molecular weight is 211 g/mol. The molecule has 0 aromatic carbocycles. The summed E-state index contributed by atoms with van der Waals surface area (Å²) >= 11 is 10.9. The Kier molecular flexibility index (Phi) is 3.81. The second kappa shape index (κ2) is 4.45. The molecule has 0 aliphatic heterocycles. The van der Waals surface area contributed by atoms with E-state index in [9.17, 15) is 4.79 Å². The van der Waals surface area contributed by atoms with Crippen molar-refractivity contribution in [3.63, 3.8) is 0 Å². The van der Waals surface area contributed by atoms with Crippen LogP contribution in [0.2, 0.25) is 0 Å². The molecule has 0 spiro atoms. The third-order valence-electron chi connectivity index (χ3n) is 2.42. The molecule has 1 N–H and O–H groups in total. The highest BCUT2D eigenvalue weighted by atomic mass is 35.5. The van der Waals surface area contributed by atoms with Crippen LogP contribution < -0.4 is 0 Å². The van der Waals surface area contributed by atoms with Gasteiger partial charge < -0.3 is 5.11 Å². The Morgan fingerprint density at radius 2 is 2.17 bits per heavy atom. The van der Waals surface area contributed by atoms with Crippen LogP contribution in [-0.2, 0) is 4.79 Å². The van der Waals surface area contributed by atoms with Crippen LogP contribution in [0.4, 0.5) is 0 Å². The van der Waals surface area contributed by atoms with Crippen molar-refractivity contribution in [3.8, 4) is 0 Å². The minimum atomic E-state index is -0.830. The highest BCUT2D eigenvalue weighted by molar-refractivity contribution is 6.63. The first-order chi connectivity index (χ1) is 5.61. The van der Waals surface area contributed by atoms with E-state index in [4.69, 9.17) is 28.3 Å². The fraction of sp³-hybridized carbons (Fsp3) is 0.875. The molecule has 1 aliphatic carbocycles. The fourth-order valence-electron chi connectivity index (χ4n) is 1.68. The largest absolute Gasteiger partial charge is 0.377 e. The van der Waals surface area contributed by atoms with Gasteiger partial charge in [-0.1, -0.05) is 18.0 Å². The number of hydrogen-bond acceptors (Lipinski definition) is 2. The van der Waals surface area contributed by atoms with Crippen molar-refractivity contribution in [1.82, 2.24) is 0 Å². The molecule has 0 aromatic rings. The van der Waals surface area contributed by atoms with Gasteiger partial charge in [0.15, 0.2) is 0 Å². The van der Waals surface area contributed by atoms with E-state index in [-0.39, 0.29) is 17.1 Å². The van der Waals surface area contributed by atoms with E-state index in [1.54, 1.807) is 0 Å². The van der Waals surface area contributed by atoms with Crippen molar-refractivity contribution >= 4 is 28.4 Å². The van der Waals surface area contributed by atoms with E-state index in [0.29, 0.717) is 6.42 Å². The Labute approximate surface area is 81.9 Å². The molecule has 0 bridgehead atoms. The second-order valence-corrected chi connectivity index (χ2v) is 4.12. The van der Waals surface area contributed by atoms with Gasteiger partial charge in [-0.2, -0.15) is 0 Å². The zero-order valence-corrected chi connectivity index (χ0v) is 8.18. The minimum absolute atomic E-state index is 0.0353. The molecular weight excluding hydrogens is 199 g/mol. The standard InChI is InChI=1S/C8H12Cl2O2/c9-7(11)5-2-1-3-6(4-5)8(10)12/h5-7,11H,1-4H2/t5-,6+,7?/m0/s1. The molecule has 70 valence electrons. The molecule has 1 aliphatic rings. The van der Waals surface area contributed by atoms with Crippen LogP contribution in [0.1, 0.15) is 25.7 Å². The van der Waals surface area contributed by atoms with Gasteiger partial charge in [0, 0.05) is 5.92 Å². The van der Waals surface area contributed by atoms with Crippen molar-refractivity contribution in [3.05, 3.63) is 0 Å². The van der Waals surface area contributed by atoms with Gasteiger partial charge in [0.1, 0.15) is 5.56 Å². The molecule has 1 fully saturated rings. The van der Waals surface area contributed by atoms with E-state index in [1.165, 1.54) is 0 Å². The third kappa shape index (κ3) is 2.61. The monoisotopic (exact) mass is 210 g/mol. The summed E-state index contributed by atoms with van der Waals surface area (Å²) in [5.74, 6) is -0.0630. The molecule has 1 saturated carbocycles. The highest BCUT2D eigenvalue weighted by Crippen LogP contribution is 2.33. The summed E-state index contributed by atoms with van der Waals surface area (Å²) in [5.41, 5.74) is -0.830. The van der Waals surface area contributed by atoms with E-state index in [1.807, 2.05) is 0 Å². The lowest BCUT2D eigenvalue weighted by atomic mass is 9.82. The molecule has 0 amide bonds. The van der Waals surface area contributed by atoms with Crippen molar-refractivity contribution in [2.45, 2.75) is 31.2 Å². The van der Waals surface area contributed by atoms with Crippen LogP contribution >= 0.6 is 23.2 Å². The minimum Gasteiger partial charge on any atom is -0.377 e. The number of rotatable bonds is 2. The van der Waals surface area contributed by atoms with E-state index in [0.717, 1.165) is 19.3 Å². The number of aliphatic hydroxyl groups excluding tert-OH is 1. The molecule has 1 rings (SSSR count). The summed E-state index contributed by atoms with van der Waals surface area (Å²) < 4.78 is 0. The van der Waals surface area contributed by atoms with Gasteiger partial charge in [-0.25, -0.2) is 0 Å². The van der Waals surface area contributed by atoms with Gasteiger partial charge in [0.2, 0.25) is 5.24 Å². The Morgan fingerprint density at radius 3 is 2.67 bits per heavy atom. The van der Waals surface area contributed by atoms with Gasteiger partial charge in [-0.15, -0.1) is 0 Å². The van der Waals surface area contributed by atoms with Gasteiger partial charge in [0.25, 0.3) is 0 Å². The molecule has 0 saturated heterocycles. The SMILES string of the molecule is O=C(Cl)[C@@H]1CCC[C@H](C(O)Cl)C1. The molecule has 3 atom stereocenters. The van der Waals surface area contributed by atoms with Crippen LogP contribution in [0, 0.1) is 11.8 Å². The summed E-state index contributed by atoms with van der Waals surface area (Å²) in [5, 5.41) is 8.79. The molecular formula is C8H12Cl2O2. The lowest BCUT2D eigenvalue weighted by Gasteiger charge is -2.27. The van der Waals surface area contributed by atoms with Gasteiger partial charge in [-0.05, 0) is 36.8 Å². The van der Waals surface area contributed by atoms with Crippen LogP contribution in [0.15, 0.2) is 0 Å². The normalized spacial score (nSPS) is 32.9. The van der Waals surface area contributed by atoms with Gasteiger partial charge in [0.05, 0.1) is 0 Å². The predicted octanol–water partition coefficient (Wildman–Crippen LogP) is 2.12. The first-order valence-electron chi connectivity index (χ1n) is 4.12. The summed E-state index contributed by atoms with van der Waals surface area (Å²) in [6, 6.07) is 0.